The lowest BCUT2D eigenvalue weighted by Crippen LogP contribution is -2.08. The molecule has 0 unspecified atom stereocenters. The van der Waals surface area contributed by atoms with E-state index in [0.29, 0.717) is 29.0 Å². The molecule has 0 heterocycles. The summed E-state index contributed by atoms with van der Waals surface area (Å²) in [6.45, 7) is 6.18. The number of carbonyl (C=O) groups is 1. The summed E-state index contributed by atoms with van der Waals surface area (Å²) in [7, 11) is 0. The van der Waals surface area contributed by atoms with Gasteiger partial charge in [-0.25, -0.2) is 0 Å². The fourth-order valence-corrected chi connectivity index (χ4v) is 1.82. The van der Waals surface area contributed by atoms with Gasteiger partial charge in [-0.15, -0.1) is 0 Å². The molecule has 94 valence electrons. The van der Waals surface area contributed by atoms with Crippen LogP contribution in [0.5, 0.6) is 5.75 Å². The average molecular weight is 321 g/mol. The zero-order valence-electron chi connectivity index (χ0n) is 10.0. The van der Waals surface area contributed by atoms with Crippen LogP contribution in [0.25, 0.3) is 0 Å². The van der Waals surface area contributed by atoms with E-state index in [1.54, 1.807) is 12.1 Å². The van der Waals surface area contributed by atoms with Crippen molar-refractivity contribution in [2.45, 2.75) is 20.8 Å². The number of carbonyl (C=O) groups excluding carboxylic acids is 1. The maximum Gasteiger partial charge on any atom is 0.221 e. The molecule has 0 spiro atoms. The van der Waals surface area contributed by atoms with Gasteiger partial charge < -0.3 is 10.1 Å². The Bertz CT molecular complexity index is 421. The van der Waals surface area contributed by atoms with Crippen LogP contribution in [0.4, 0.5) is 5.69 Å². The van der Waals surface area contributed by atoms with Gasteiger partial charge in [0, 0.05) is 11.4 Å². The van der Waals surface area contributed by atoms with Gasteiger partial charge in [-0.2, -0.15) is 0 Å². The Labute approximate surface area is 115 Å². The first-order chi connectivity index (χ1) is 7.90. The first kappa shape index (κ1) is 14.3. The number of anilines is 1. The van der Waals surface area contributed by atoms with Gasteiger partial charge in [-0.05, 0) is 34.0 Å². The second-order valence-electron chi connectivity index (χ2n) is 4.15. The minimum Gasteiger partial charge on any atom is -0.492 e. The summed E-state index contributed by atoms with van der Waals surface area (Å²) >= 11 is 9.43. The molecule has 0 radical (unpaired) electrons. The molecule has 17 heavy (non-hydrogen) atoms. The summed E-state index contributed by atoms with van der Waals surface area (Å²) in [5, 5.41) is 3.16. The molecule has 1 aromatic carbocycles. The van der Waals surface area contributed by atoms with Crippen LogP contribution in [0.2, 0.25) is 5.02 Å². The Morgan fingerprint density at radius 3 is 2.71 bits per heavy atom. The average Bonchev–Trinajstić information content (AvgIpc) is 2.20. The number of nitrogens with one attached hydrogen (secondary N) is 1. The molecular formula is C12H15BrClNO2. The topological polar surface area (TPSA) is 38.3 Å². The van der Waals surface area contributed by atoms with Crippen molar-refractivity contribution < 1.29 is 9.53 Å². The van der Waals surface area contributed by atoms with Crippen LogP contribution in [0, 0.1) is 5.92 Å². The van der Waals surface area contributed by atoms with E-state index in [2.05, 4.69) is 35.1 Å². The highest BCUT2D eigenvalue weighted by molar-refractivity contribution is 9.10. The third kappa shape index (κ3) is 4.56. The van der Waals surface area contributed by atoms with Crippen molar-refractivity contribution in [2.75, 3.05) is 11.9 Å². The highest BCUT2D eigenvalue weighted by Gasteiger charge is 2.09. The molecular weight excluding hydrogens is 305 g/mol. The molecule has 3 nitrogen and oxygen atoms in total. The summed E-state index contributed by atoms with van der Waals surface area (Å²) < 4.78 is 6.31. The second-order valence-corrected chi connectivity index (χ2v) is 5.41. The zero-order valence-corrected chi connectivity index (χ0v) is 12.4. The van der Waals surface area contributed by atoms with Crippen LogP contribution < -0.4 is 10.1 Å². The van der Waals surface area contributed by atoms with Gasteiger partial charge in [-0.1, -0.05) is 25.4 Å². The summed E-state index contributed by atoms with van der Waals surface area (Å²) in [5.41, 5.74) is 0.638. The van der Waals surface area contributed by atoms with Crippen molar-refractivity contribution >= 4 is 39.1 Å². The molecule has 1 N–H and O–H groups in total. The van der Waals surface area contributed by atoms with E-state index in [4.69, 9.17) is 16.3 Å². The lowest BCUT2D eigenvalue weighted by atomic mass is 10.2. The number of rotatable bonds is 4. The summed E-state index contributed by atoms with van der Waals surface area (Å²) in [5.74, 6) is 0.902. The van der Waals surface area contributed by atoms with Crippen molar-refractivity contribution in [1.29, 1.82) is 0 Å². The number of amides is 1. The number of ether oxygens (including phenoxy) is 1. The lowest BCUT2D eigenvalue weighted by molar-refractivity contribution is -0.114. The van der Waals surface area contributed by atoms with Crippen molar-refractivity contribution in [1.82, 2.24) is 0 Å². The largest absolute Gasteiger partial charge is 0.492 e. The molecule has 5 heteroatoms. The second kappa shape index (κ2) is 6.26. The predicted octanol–water partition coefficient (Wildman–Crippen LogP) is 4.10. The van der Waals surface area contributed by atoms with E-state index in [0.717, 1.165) is 4.47 Å². The van der Waals surface area contributed by atoms with Gasteiger partial charge in [0.15, 0.2) is 0 Å². The SMILES string of the molecule is CC(=O)Nc1cc(Cl)c(OCC(C)C)cc1Br. The van der Waals surface area contributed by atoms with Crippen molar-refractivity contribution in [3.05, 3.63) is 21.6 Å². The smallest absolute Gasteiger partial charge is 0.221 e. The molecule has 0 aliphatic carbocycles. The van der Waals surface area contributed by atoms with Gasteiger partial charge in [0.05, 0.1) is 17.3 Å². The molecule has 0 saturated carbocycles. The molecule has 0 saturated heterocycles. The van der Waals surface area contributed by atoms with Gasteiger partial charge >= 0.3 is 0 Å². The van der Waals surface area contributed by atoms with Crippen LogP contribution in [0.3, 0.4) is 0 Å². The minimum atomic E-state index is -0.141. The molecule has 0 aliphatic heterocycles. The lowest BCUT2D eigenvalue weighted by Gasteiger charge is -2.13. The summed E-state index contributed by atoms with van der Waals surface area (Å²) in [6, 6.07) is 3.43. The fraction of sp³-hybridized carbons (Fsp3) is 0.417. The molecule has 1 amide bonds. The predicted molar refractivity (Wildman–Crippen MR) is 73.8 cm³/mol. The number of hydrogen-bond donors (Lipinski definition) is 1. The number of benzene rings is 1. The van der Waals surface area contributed by atoms with Gasteiger partial charge in [0.2, 0.25) is 5.91 Å². The van der Waals surface area contributed by atoms with Gasteiger partial charge in [0.1, 0.15) is 5.75 Å². The minimum absolute atomic E-state index is 0.141. The Morgan fingerprint density at radius 1 is 1.53 bits per heavy atom. The molecule has 1 aromatic rings. The van der Waals surface area contributed by atoms with E-state index in [1.165, 1.54) is 6.92 Å². The zero-order chi connectivity index (χ0) is 13.0. The number of halogens is 2. The van der Waals surface area contributed by atoms with E-state index < -0.39 is 0 Å². The van der Waals surface area contributed by atoms with Crippen LogP contribution in [-0.4, -0.2) is 12.5 Å². The summed E-state index contributed by atoms with van der Waals surface area (Å²) in [4.78, 5) is 11.0. The first-order valence-electron chi connectivity index (χ1n) is 5.29. The Balaban J connectivity index is 2.89. The highest BCUT2D eigenvalue weighted by Crippen LogP contribution is 2.34. The van der Waals surface area contributed by atoms with Gasteiger partial charge in [-0.3, -0.25) is 4.79 Å². The van der Waals surface area contributed by atoms with E-state index in [1.807, 2.05) is 0 Å². The van der Waals surface area contributed by atoms with Crippen LogP contribution in [-0.2, 0) is 4.79 Å². The third-order valence-electron chi connectivity index (χ3n) is 1.90. The Morgan fingerprint density at radius 2 is 2.18 bits per heavy atom. The Hall–Kier alpha value is -0.740. The first-order valence-corrected chi connectivity index (χ1v) is 6.46. The number of hydrogen-bond acceptors (Lipinski definition) is 2. The van der Waals surface area contributed by atoms with Crippen LogP contribution in [0.1, 0.15) is 20.8 Å². The monoisotopic (exact) mass is 319 g/mol. The van der Waals surface area contributed by atoms with Crippen molar-refractivity contribution in [3.8, 4) is 5.75 Å². The van der Waals surface area contributed by atoms with Crippen LogP contribution >= 0.6 is 27.5 Å². The third-order valence-corrected chi connectivity index (χ3v) is 2.86. The molecule has 0 aromatic heterocycles. The standard InChI is InChI=1S/C12H15BrClNO2/c1-7(2)6-17-12-4-9(13)11(5-10(12)14)15-8(3)16/h4-5,7H,6H2,1-3H3,(H,15,16). The van der Waals surface area contributed by atoms with E-state index >= 15 is 0 Å². The maximum absolute atomic E-state index is 11.0. The van der Waals surface area contributed by atoms with Crippen molar-refractivity contribution in [2.24, 2.45) is 5.92 Å². The fourth-order valence-electron chi connectivity index (χ4n) is 1.18. The summed E-state index contributed by atoms with van der Waals surface area (Å²) in [6.07, 6.45) is 0. The molecule has 0 aliphatic rings. The van der Waals surface area contributed by atoms with E-state index in [9.17, 15) is 4.79 Å². The Kier molecular flexibility index (Phi) is 5.28. The normalized spacial score (nSPS) is 10.5. The highest BCUT2D eigenvalue weighted by atomic mass is 79.9. The molecule has 0 fully saturated rings. The molecule has 1 rings (SSSR count). The molecule has 0 bridgehead atoms. The van der Waals surface area contributed by atoms with Crippen molar-refractivity contribution in [3.63, 3.8) is 0 Å². The quantitative estimate of drug-likeness (QED) is 0.907. The van der Waals surface area contributed by atoms with Gasteiger partial charge in [0.25, 0.3) is 0 Å². The molecule has 0 atom stereocenters. The van der Waals surface area contributed by atoms with E-state index in [-0.39, 0.29) is 5.91 Å². The van der Waals surface area contributed by atoms with Crippen LogP contribution in [0.15, 0.2) is 16.6 Å². The maximum atomic E-state index is 11.0.